The van der Waals surface area contributed by atoms with E-state index in [1.54, 1.807) is 18.2 Å². The molecular formula is C19H19FN2O3. The molecule has 0 aliphatic carbocycles. The predicted molar refractivity (Wildman–Crippen MR) is 92.0 cm³/mol. The second-order valence-corrected chi connectivity index (χ2v) is 5.86. The monoisotopic (exact) mass is 342 g/mol. The van der Waals surface area contributed by atoms with E-state index in [9.17, 15) is 14.0 Å². The summed E-state index contributed by atoms with van der Waals surface area (Å²) in [6.07, 6.45) is 1.25. The molecule has 25 heavy (non-hydrogen) atoms. The summed E-state index contributed by atoms with van der Waals surface area (Å²) in [4.78, 5) is 23.2. The molecule has 0 saturated heterocycles. The van der Waals surface area contributed by atoms with E-state index in [4.69, 9.17) is 4.74 Å². The maximum atomic E-state index is 13.5. The lowest BCUT2D eigenvalue weighted by Crippen LogP contribution is -2.27. The number of carbonyl (C=O) groups excluding carboxylic acids is 2. The smallest absolute Gasteiger partial charge is 0.262 e. The normalized spacial score (nSPS) is 12.8. The van der Waals surface area contributed by atoms with Gasteiger partial charge in [0.2, 0.25) is 5.91 Å². The van der Waals surface area contributed by atoms with Crippen LogP contribution in [0.2, 0.25) is 0 Å². The van der Waals surface area contributed by atoms with Gasteiger partial charge in [0.05, 0.1) is 5.69 Å². The topological polar surface area (TPSA) is 67.4 Å². The van der Waals surface area contributed by atoms with Gasteiger partial charge in [-0.3, -0.25) is 9.59 Å². The van der Waals surface area contributed by atoms with Crippen LogP contribution < -0.4 is 15.4 Å². The van der Waals surface area contributed by atoms with Crippen LogP contribution in [0, 0.1) is 5.82 Å². The molecule has 0 fully saturated rings. The fourth-order valence-electron chi connectivity index (χ4n) is 2.67. The van der Waals surface area contributed by atoms with Crippen molar-refractivity contribution in [3.8, 4) is 5.75 Å². The third kappa shape index (κ3) is 4.56. The molecule has 2 aromatic carbocycles. The third-order valence-electron chi connectivity index (χ3n) is 3.99. The van der Waals surface area contributed by atoms with Crippen LogP contribution in [-0.4, -0.2) is 25.0 Å². The van der Waals surface area contributed by atoms with Gasteiger partial charge in [0, 0.05) is 13.0 Å². The molecule has 0 aromatic heterocycles. The third-order valence-corrected chi connectivity index (χ3v) is 3.99. The molecule has 0 radical (unpaired) electrons. The number of aryl methyl sites for hydroxylation is 1. The zero-order valence-electron chi connectivity index (χ0n) is 13.7. The van der Waals surface area contributed by atoms with E-state index >= 15 is 0 Å². The summed E-state index contributed by atoms with van der Waals surface area (Å²) < 4.78 is 18.8. The molecule has 2 aromatic rings. The Morgan fingerprint density at radius 2 is 2.04 bits per heavy atom. The summed E-state index contributed by atoms with van der Waals surface area (Å²) in [6.45, 7) is 0.508. The van der Waals surface area contributed by atoms with Crippen LogP contribution >= 0.6 is 0 Å². The molecule has 5 nitrogen and oxygen atoms in total. The number of amides is 2. The van der Waals surface area contributed by atoms with Gasteiger partial charge in [-0.1, -0.05) is 24.3 Å². The van der Waals surface area contributed by atoms with Crippen LogP contribution in [0.4, 0.5) is 10.1 Å². The van der Waals surface area contributed by atoms with Crippen LogP contribution in [0.5, 0.6) is 5.75 Å². The molecule has 3 rings (SSSR count). The van der Waals surface area contributed by atoms with E-state index in [1.165, 1.54) is 6.07 Å². The second kappa shape index (κ2) is 7.79. The number of anilines is 1. The molecule has 130 valence electrons. The lowest BCUT2D eigenvalue weighted by atomic mass is 10.1. The minimum absolute atomic E-state index is 0.0322. The van der Waals surface area contributed by atoms with Gasteiger partial charge >= 0.3 is 0 Å². The summed E-state index contributed by atoms with van der Waals surface area (Å²) in [5, 5.41) is 5.59. The van der Waals surface area contributed by atoms with E-state index in [1.807, 2.05) is 18.2 Å². The molecule has 6 heteroatoms. The largest absolute Gasteiger partial charge is 0.482 e. The maximum Gasteiger partial charge on any atom is 0.262 e. The lowest BCUT2D eigenvalue weighted by Gasteiger charge is -2.18. The van der Waals surface area contributed by atoms with Crippen molar-refractivity contribution in [2.45, 2.75) is 19.3 Å². The van der Waals surface area contributed by atoms with Crippen molar-refractivity contribution in [1.82, 2.24) is 5.32 Å². The van der Waals surface area contributed by atoms with Crippen LogP contribution in [0.25, 0.3) is 0 Å². The van der Waals surface area contributed by atoms with Crippen molar-refractivity contribution in [3.05, 3.63) is 59.4 Å². The Bertz CT molecular complexity index is 792. The molecule has 2 amide bonds. The Morgan fingerprint density at radius 1 is 1.20 bits per heavy atom. The zero-order valence-corrected chi connectivity index (χ0v) is 13.7. The maximum absolute atomic E-state index is 13.5. The quantitative estimate of drug-likeness (QED) is 0.847. The molecule has 2 N–H and O–H groups in total. The number of fused-ring (bicyclic) bond motifs is 1. The van der Waals surface area contributed by atoms with E-state index < -0.39 is 0 Å². The number of rotatable bonds is 6. The Kier molecular flexibility index (Phi) is 5.28. The van der Waals surface area contributed by atoms with Crippen LogP contribution in [0.1, 0.15) is 17.5 Å². The summed E-state index contributed by atoms with van der Waals surface area (Å²) in [6, 6.07) is 12.0. The van der Waals surface area contributed by atoms with E-state index in [0.29, 0.717) is 36.4 Å². The van der Waals surface area contributed by atoms with Gasteiger partial charge in [-0.15, -0.1) is 0 Å². The number of nitrogens with one attached hydrogen (secondary N) is 2. The average molecular weight is 342 g/mol. The van der Waals surface area contributed by atoms with Gasteiger partial charge in [-0.25, -0.2) is 4.39 Å². The highest BCUT2D eigenvalue weighted by Crippen LogP contribution is 2.28. The van der Waals surface area contributed by atoms with Gasteiger partial charge in [0.25, 0.3) is 5.91 Å². The summed E-state index contributed by atoms with van der Waals surface area (Å²) in [5.74, 6) is 0.0786. The van der Waals surface area contributed by atoms with Crippen LogP contribution in [0.15, 0.2) is 42.5 Å². The first-order valence-corrected chi connectivity index (χ1v) is 8.17. The van der Waals surface area contributed by atoms with Crippen molar-refractivity contribution in [2.75, 3.05) is 18.5 Å². The Balaban J connectivity index is 1.45. The number of carbonyl (C=O) groups is 2. The fourth-order valence-corrected chi connectivity index (χ4v) is 2.67. The molecule has 1 heterocycles. The Morgan fingerprint density at radius 3 is 2.88 bits per heavy atom. The minimum atomic E-state index is -0.284. The molecular weight excluding hydrogens is 323 g/mol. The summed E-state index contributed by atoms with van der Waals surface area (Å²) in [7, 11) is 0. The highest BCUT2D eigenvalue weighted by Gasteiger charge is 2.15. The first-order valence-electron chi connectivity index (χ1n) is 8.17. The first kappa shape index (κ1) is 17.0. The van der Waals surface area contributed by atoms with Crippen LogP contribution in [0.3, 0.4) is 0 Å². The number of ether oxygens (including phenoxy) is 1. The molecule has 0 spiro atoms. The summed E-state index contributed by atoms with van der Waals surface area (Å²) >= 11 is 0. The van der Waals surface area contributed by atoms with E-state index in [0.717, 1.165) is 5.56 Å². The highest BCUT2D eigenvalue weighted by atomic mass is 19.1. The standard InChI is InChI=1S/C19H19FN2O3/c20-15-4-2-1-3-14(15)6-8-18(23)21-10-9-13-5-7-17-16(11-13)22-19(24)12-25-17/h1-5,7,11H,6,8-10,12H2,(H,21,23)(H,22,24). The zero-order chi connectivity index (χ0) is 17.6. The van der Waals surface area contributed by atoms with Crippen molar-refractivity contribution < 1.29 is 18.7 Å². The number of benzene rings is 2. The molecule has 0 atom stereocenters. The Hall–Kier alpha value is -2.89. The average Bonchev–Trinajstić information content (AvgIpc) is 2.60. The number of hydrogen-bond donors (Lipinski definition) is 2. The number of halogens is 1. The predicted octanol–water partition coefficient (Wildman–Crippen LogP) is 2.45. The van der Waals surface area contributed by atoms with E-state index in [2.05, 4.69) is 10.6 Å². The van der Waals surface area contributed by atoms with Gasteiger partial charge < -0.3 is 15.4 Å². The Labute approximate surface area is 145 Å². The van der Waals surface area contributed by atoms with Crippen molar-refractivity contribution >= 4 is 17.5 Å². The first-order chi connectivity index (χ1) is 12.1. The minimum Gasteiger partial charge on any atom is -0.482 e. The van der Waals surface area contributed by atoms with Crippen LogP contribution in [-0.2, 0) is 22.4 Å². The molecule has 1 aliphatic heterocycles. The van der Waals surface area contributed by atoms with Crippen molar-refractivity contribution in [1.29, 1.82) is 0 Å². The fraction of sp³-hybridized carbons (Fsp3) is 0.263. The van der Waals surface area contributed by atoms with Gasteiger partial charge in [-0.2, -0.15) is 0 Å². The van der Waals surface area contributed by atoms with Gasteiger partial charge in [-0.05, 0) is 42.2 Å². The van der Waals surface area contributed by atoms with E-state index in [-0.39, 0.29) is 30.7 Å². The molecule has 0 saturated carbocycles. The highest BCUT2D eigenvalue weighted by molar-refractivity contribution is 5.95. The van der Waals surface area contributed by atoms with Crippen molar-refractivity contribution in [3.63, 3.8) is 0 Å². The second-order valence-electron chi connectivity index (χ2n) is 5.86. The van der Waals surface area contributed by atoms with Gasteiger partial charge in [0.15, 0.2) is 6.61 Å². The molecule has 0 bridgehead atoms. The number of hydrogen-bond acceptors (Lipinski definition) is 3. The lowest BCUT2D eigenvalue weighted by molar-refractivity contribution is -0.121. The molecule has 0 unspecified atom stereocenters. The van der Waals surface area contributed by atoms with Crippen molar-refractivity contribution in [2.24, 2.45) is 0 Å². The SMILES string of the molecule is O=C(CCc1ccccc1F)NCCc1ccc2c(c1)NC(=O)CO2. The summed E-state index contributed by atoms with van der Waals surface area (Å²) in [5.41, 5.74) is 2.18. The molecule has 1 aliphatic rings. The van der Waals surface area contributed by atoms with Gasteiger partial charge in [0.1, 0.15) is 11.6 Å².